The van der Waals surface area contributed by atoms with Gasteiger partial charge in [-0.3, -0.25) is 4.99 Å². The number of rotatable bonds is 4. The van der Waals surface area contributed by atoms with Crippen LogP contribution in [0.1, 0.15) is 5.56 Å². The topological polar surface area (TPSA) is 36.9 Å². The molecule has 0 saturated heterocycles. The van der Waals surface area contributed by atoms with Gasteiger partial charge in [0, 0.05) is 20.1 Å². The van der Waals surface area contributed by atoms with Gasteiger partial charge in [-0.2, -0.15) is 0 Å². The van der Waals surface area contributed by atoms with Crippen molar-refractivity contribution in [1.29, 1.82) is 0 Å². The van der Waals surface area contributed by atoms with Crippen LogP contribution < -0.4 is 10.1 Å². The minimum atomic E-state index is 0.879. The molecule has 2 rings (SSSR count). The summed E-state index contributed by atoms with van der Waals surface area (Å²) in [4.78, 5) is 6.53. The molecule has 0 bridgehead atoms. The predicted octanol–water partition coefficient (Wildman–Crippen LogP) is 1.13. The lowest BCUT2D eigenvalue weighted by Gasteiger charge is -2.15. The number of benzene rings is 1. The molecular formula is C13H19N3O. The van der Waals surface area contributed by atoms with Crippen LogP contribution in [0.3, 0.4) is 0 Å². The van der Waals surface area contributed by atoms with Gasteiger partial charge >= 0.3 is 0 Å². The molecule has 17 heavy (non-hydrogen) atoms. The summed E-state index contributed by atoms with van der Waals surface area (Å²) in [6, 6.07) is 8.12. The van der Waals surface area contributed by atoms with E-state index in [1.54, 1.807) is 7.11 Å². The Morgan fingerprint density at radius 2 is 2.24 bits per heavy atom. The number of aliphatic imine (C=N–C) groups is 1. The van der Waals surface area contributed by atoms with Crippen molar-refractivity contribution in [2.45, 2.75) is 6.42 Å². The van der Waals surface area contributed by atoms with Gasteiger partial charge in [-0.05, 0) is 18.1 Å². The van der Waals surface area contributed by atoms with Crippen molar-refractivity contribution in [3.8, 4) is 5.75 Å². The lowest BCUT2D eigenvalue weighted by molar-refractivity contribution is 0.409. The van der Waals surface area contributed by atoms with E-state index in [1.165, 1.54) is 5.56 Å². The molecule has 4 nitrogen and oxygen atoms in total. The van der Waals surface area contributed by atoms with Crippen LogP contribution in [0, 0.1) is 0 Å². The average molecular weight is 233 g/mol. The molecule has 0 aliphatic carbocycles. The second-order valence-electron chi connectivity index (χ2n) is 4.12. The normalized spacial score (nSPS) is 14.7. The molecule has 92 valence electrons. The van der Waals surface area contributed by atoms with Crippen molar-refractivity contribution in [2.24, 2.45) is 4.99 Å². The van der Waals surface area contributed by atoms with E-state index < -0.39 is 0 Å². The molecule has 0 saturated carbocycles. The van der Waals surface area contributed by atoms with E-state index in [0.29, 0.717) is 0 Å². The summed E-state index contributed by atoms with van der Waals surface area (Å²) >= 11 is 0. The summed E-state index contributed by atoms with van der Waals surface area (Å²) in [5, 5.41) is 3.35. The first-order valence-corrected chi connectivity index (χ1v) is 5.92. The highest BCUT2D eigenvalue weighted by atomic mass is 16.5. The first-order chi connectivity index (χ1) is 8.31. The lowest BCUT2D eigenvalue weighted by Crippen LogP contribution is -2.36. The van der Waals surface area contributed by atoms with Crippen LogP contribution in [-0.2, 0) is 6.42 Å². The summed E-state index contributed by atoms with van der Waals surface area (Å²) in [5.41, 5.74) is 1.23. The number of hydrogen-bond donors (Lipinski definition) is 1. The van der Waals surface area contributed by atoms with Crippen molar-refractivity contribution < 1.29 is 4.74 Å². The molecule has 0 atom stereocenters. The first kappa shape index (κ1) is 11.8. The van der Waals surface area contributed by atoms with Gasteiger partial charge in [0.15, 0.2) is 5.96 Å². The van der Waals surface area contributed by atoms with Crippen molar-refractivity contribution in [3.05, 3.63) is 29.8 Å². The highest BCUT2D eigenvalue weighted by molar-refractivity contribution is 5.81. The highest BCUT2D eigenvalue weighted by Crippen LogP contribution is 2.17. The molecule has 0 amide bonds. The van der Waals surface area contributed by atoms with Crippen molar-refractivity contribution in [2.75, 3.05) is 33.8 Å². The minimum absolute atomic E-state index is 0.879. The maximum atomic E-state index is 5.32. The zero-order valence-corrected chi connectivity index (χ0v) is 10.4. The molecule has 0 fully saturated rings. The molecule has 1 aliphatic heterocycles. The van der Waals surface area contributed by atoms with Crippen molar-refractivity contribution in [1.82, 2.24) is 10.2 Å². The molecule has 4 heteroatoms. The van der Waals surface area contributed by atoms with Gasteiger partial charge < -0.3 is 15.0 Å². The number of likely N-dealkylation sites (N-methyl/N-ethyl adjacent to an activating group) is 1. The largest absolute Gasteiger partial charge is 0.496 e. The van der Waals surface area contributed by atoms with E-state index in [2.05, 4.69) is 28.3 Å². The smallest absolute Gasteiger partial charge is 0.193 e. The molecule has 0 spiro atoms. The fraction of sp³-hybridized carbons (Fsp3) is 0.462. The van der Waals surface area contributed by atoms with Crippen LogP contribution in [0.25, 0.3) is 0 Å². The number of nitrogens with one attached hydrogen (secondary N) is 1. The van der Waals surface area contributed by atoms with E-state index in [1.807, 2.05) is 18.2 Å². The van der Waals surface area contributed by atoms with E-state index in [9.17, 15) is 0 Å². The van der Waals surface area contributed by atoms with Crippen LogP contribution in [0.5, 0.6) is 5.75 Å². The lowest BCUT2D eigenvalue weighted by atomic mass is 10.1. The molecule has 1 heterocycles. The number of guanidine groups is 1. The van der Waals surface area contributed by atoms with Gasteiger partial charge in [0.05, 0.1) is 13.7 Å². The van der Waals surface area contributed by atoms with Crippen LogP contribution in [-0.4, -0.2) is 44.7 Å². The fourth-order valence-electron chi connectivity index (χ4n) is 1.94. The summed E-state index contributed by atoms with van der Waals surface area (Å²) in [5.74, 6) is 1.95. The van der Waals surface area contributed by atoms with E-state index in [0.717, 1.165) is 37.8 Å². The Morgan fingerprint density at radius 3 is 2.94 bits per heavy atom. The van der Waals surface area contributed by atoms with Gasteiger partial charge in [-0.1, -0.05) is 18.2 Å². The van der Waals surface area contributed by atoms with Crippen LogP contribution in [0.15, 0.2) is 29.3 Å². The zero-order valence-electron chi connectivity index (χ0n) is 10.4. The SMILES string of the molecule is COc1ccccc1CCNC1=NCCN1C. The van der Waals surface area contributed by atoms with Gasteiger partial charge in [-0.15, -0.1) is 0 Å². The molecule has 0 unspecified atom stereocenters. The maximum absolute atomic E-state index is 5.32. The quantitative estimate of drug-likeness (QED) is 0.847. The number of methoxy groups -OCH3 is 1. The van der Waals surface area contributed by atoms with Crippen LogP contribution in [0.4, 0.5) is 0 Å². The number of para-hydroxylation sites is 1. The molecule has 0 radical (unpaired) electrons. The van der Waals surface area contributed by atoms with Crippen LogP contribution >= 0.6 is 0 Å². The molecular weight excluding hydrogens is 214 g/mol. The Kier molecular flexibility index (Phi) is 3.85. The molecule has 1 aromatic carbocycles. The van der Waals surface area contributed by atoms with E-state index in [4.69, 9.17) is 4.74 Å². The first-order valence-electron chi connectivity index (χ1n) is 5.92. The average Bonchev–Trinajstić information content (AvgIpc) is 2.76. The summed E-state index contributed by atoms with van der Waals surface area (Å²) in [6.45, 7) is 2.79. The fourth-order valence-corrected chi connectivity index (χ4v) is 1.94. The van der Waals surface area contributed by atoms with Gasteiger partial charge in [-0.25, -0.2) is 0 Å². The van der Waals surface area contributed by atoms with Gasteiger partial charge in [0.1, 0.15) is 5.75 Å². The standard InChI is InChI=1S/C13H19N3O/c1-16-10-9-15-13(16)14-8-7-11-5-3-4-6-12(11)17-2/h3-6H,7-10H2,1-2H3,(H,14,15). The Hall–Kier alpha value is -1.71. The third-order valence-electron chi connectivity index (χ3n) is 2.93. The molecule has 1 N–H and O–H groups in total. The van der Waals surface area contributed by atoms with Crippen molar-refractivity contribution in [3.63, 3.8) is 0 Å². The number of hydrogen-bond acceptors (Lipinski definition) is 4. The molecule has 1 aliphatic rings. The second kappa shape index (κ2) is 5.57. The Bertz CT molecular complexity index is 403. The third kappa shape index (κ3) is 2.90. The van der Waals surface area contributed by atoms with E-state index >= 15 is 0 Å². The Balaban J connectivity index is 1.85. The Morgan fingerprint density at radius 1 is 1.41 bits per heavy atom. The molecule has 0 aromatic heterocycles. The maximum Gasteiger partial charge on any atom is 0.193 e. The summed E-state index contributed by atoms with van der Waals surface area (Å²) < 4.78 is 5.32. The zero-order chi connectivity index (χ0) is 12.1. The predicted molar refractivity (Wildman–Crippen MR) is 69.6 cm³/mol. The number of ether oxygens (including phenoxy) is 1. The minimum Gasteiger partial charge on any atom is -0.496 e. The third-order valence-corrected chi connectivity index (χ3v) is 2.93. The monoisotopic (exact) mass is 233 g/mol. The van der Waals surface area contributed by atoms with Crippen LogP contribution in [0.2, 0.25) is 0 Å². The second-order valence-corrected chi connectivity index (χ2v) is 4.12. The van der Waals surface area contributed by atoms with E-state index in [-0.39, 0.29) is 0 Å². The summed E-state index contributed by atoms with van der Waals surface area (Å²) in [6.07, 6.45) is 0.941. The van der Waals surface area contributed by atoms with Gasteiger partial charge in [0.2, 0.25) is 0 Å². The number of nitrogens with zero attached hydrogens (tertiary/aromatic N) is 2. The Labute approximate surface area is 102 Å². The molecule has 1 aromatic rings. The highest BCUT2D eigenvalue weighted by Gasteiger charge is 2.11. The van der Waals surface area contributed by atoms with Crippen molar-refractivity contribution >= 4 is 5.96 Å². The summed E-state index contributed by atoms with van der Waals surface area (Å²) in [7, 11) is 3.77. The van der Waals surface area contributed by atoms with Gasteiger partial charge in [0.25, 0.3) is 0 Å².